The molecule has 158 valence electrons. The van der Waals surface area contributed by atoms with Gasteiger partial charge in [-0.3, -0.25) is 14.5 Å². The van der Waals surface area contributed by atoms with Gasteiger partial charge in [0, 0.05) is 37.9 Å². The van der Waals surface area contributed by atoms with Gasteiger partial charge in [0.2, 0.25) is 0 Å². The number of ether oxygens (including phenoxy) is 2. The highest BCUT2D eigenvalue weighted by Gasteiger charge is 2.32. The number of hydrogen-bond donors (Lipinski definition) is 1. The number of carbonyl (C=O) groups is 2. The average Bonchev–Trinajstić information content (AvgIpc) is 2.75. The lowest BCUT2D eigenvalue weighted by Crippen LogP contribution is -2.48. The fourth-order valence-corrected chi connectivity index (χ4v) is 3.85. The van der Waals surface area contributed by atoms with E-state index < -0.39 is 6.10 Å². The Morgan fingerprint density at radius 2 is 1.93 bits per heavy atom. The van der Waals surface area contributed by atoms with Crippen LogP contribution < -0.4 is 15.0 Å². The summed E-state index contributed by atoms with van der Waals surface area (Å²) in [7, 11) is 0. The van der Waals surface area contributed by atoms with E-state index in [-0.39, 0.29) is 11.8 Å². The summed E-state index contributed by atoms with van der Waals surface area (Å²) in [5.41, 5.74) is 1.68. The predicted octanol–water partition coefficient (Wildman–Crippen LogP) is 3.04. The first-order valence-corrected chi connectivity index (χ1v) is 10.4. The molecule has 0 radical (unpaired) electrons. The number of benzene rings is 2. The molecule has 1 saturated heterocycles. The molecule has 0 aromatic heterocycles. The van der Waals surface area contributed by atoms with Crippen LogP contribution in [0.5, 0.6) is 5.75 Å². The van der Waals surface area contributed by atoms with E-state index in [4.69, 9.17) is 21.1 Å². The number of halogens is 1. The van der Waals surface area contributed by atoms with E-state index in [0.29, 0.717) is 34.3 Å². The Hall–Kier alpha value is -2.61. The number of morpholine rings is 1. The van der Waals surface area contributed by atoms with Crippen LogP contribution in [0.25, 0.3) is 0 Å². The number of rotatable bonds is 5. The van der Waals surface area contributed by atoms with Gasteiger partial charge in [-0.25, -0.2) is 0 Å². The van der Waals surface area contributed by atoms with E-state index >= 15 is 0 Å². The highest BCUT2D eigenvalue weighted by atomic mass is 35.5. The zero-order valence-corrected chi connectivity index (χ0v) is 17.5. The predicted molar refractivity (Wildman–Crippen MR) is 116 cm³/mol. The van der Waals surface area contributed by atoms with Crippen LogP contribution in [0.2, 0.25) is 5.02 Å². The average molecular weight is 430 g/mol. The van der Waals surface area contributed by atoms with E-state index in [1.807, 2.05) is 0 Å². The number of fused-ring (bicyclic) bond motifs is 1. The van der Waals surface area contributed by atoms with Gasteiger partial charge >= 0.3 is 0 Å². The lowest BCUT2D eigenvalue weighted by molar-refractivity contribution is -0.125. The Balaban J connectivity index is 1.50. The summed E-state index contributed by atoms with van der Waals surface area (Å²) in [6.07, 6.45) is -0.586. The van der Waals surface area contributed by atoms with Crippen molar-refractivity contribution in [2.24, 2.45) is 0 Å². The van der Waals surface area contributed by atoms with Gasteiger partial charge in [0.25, 0.3) is 11.8 Å². The van der Waals surface area contributed by atoms with E-state index in [9.17, 15) is 9.59 Å². The highest BCUT2D eigenvalue weighted by Crippen LogP contribution is 2.36. The Morgan fingerprint density at radius 1 is 1.17 bits per heavy atom. The van der Waals surface area contributed by atoms with Crippen LogP contribution in [0.4, 0.5) is 11.4 Å². The van der Waals surface area contributed by atoms with Crippen LogP contribution in [0.3, 0.4) is 0 Å². The second-order valence-electron chi connectivity index (χ2n) is 7.32. The molecule has 2 aliphatic heterocycles. The van der Waals surface area contributed by atoms with E-state index in [0.717, 1.165) is 32.8 Å². The van der Waals surface area contributed by atoms with E-state index in [2.05, 4.69) is 10.2 Å². The van der Waals surface area contributed by atoms with Crippen LogP contribution in [-0.4, -0.2) is 62.2 Å². The van der Waals surface area contributed by atoms with Gasteiger partial charge in [0.05, 0.1) is 29.5 Å². The molecule has 30 heavy (non-hydrogen) atoms. The van der Waals surface area contributed by atoms with Crippen LogP contribution in [0.15, 0.2) is 42.5 Å². The van der Waals surface area contributed by atoms with Gasteiger partial charge in [-0.15, -0.1) is 0 Å². The Kier molecular flexibility index (Phi) is 6.22. The zero-order chi connectivity index (χ0) is 21.1. The lowest BCUT2D eigenvalue weighted by atomic mass is 10.1. The van der Waals surface area contributed by atoms with Crippen molar-refractivity contribution in [1.82, 2.24) is 4.90 Å². The molecule has 2 heterocycles. The van der Waals surface area contributed by atoms with Crippen LogP contribution >= 0.6 is 11.6 Å². The van der Waals surface area contributed by atoms with Crippen molar-refractivity contribution in [3.05, 3.63) is 53.1 Å². The maximum Gasteiger partial charge on any atom is 0.267 e. The van der Waals surface area contributed by atoms with Crippen molar-refractivity contribution in [2.45, 2.75) is 13.0 Å². The summed E-state index contributed by atoms with van der Waals surface area (Å²) >= 11 is 6.11. The smallest absolute Gasteiger partial charge is 0.267 e. The molecule has 1 atom stereocenters. The third-order valence-corrected chi connectivity index (χ3v) is 5.62. The summed E-state index contributed by atoms with van der Waals surface area (Å²) in [6, 6.07) is 12.2. The minimum atomic E-state index is -0.586. The van der Waals surface area contributed by atoms with Gasteiger partial charge in [-0.1, -0.05) is 23.7 Å². The molecule has 1 unspecified atom stereocenters. The highest BCUT2D eigenvalue weighted by molar-refractivity contribution is 6.34. The molecule has 1 N–H and O–H groups in total. The van der Waals surface area contributed by atoms with Crippen molar-refractivity contribution >= 4 is 34.8 Å². The second-order valence-corrected chi connectivity index (χ2v) is 7.73. The van der Waals surface area contributed by atoms with Gasteiger partial charge in [-0.2, -0.15) is 0 Å². The van der Waals surface area contributed by atoms with Crippen LogP contribution in [0.1, 0.15) is 17.3 Å². The summed E-state index contributed by atoms with van der Waals surface area (Å²) in [6.45, 7) is 6.26. The summed E-state index contributed by atoms with van der Waals surface area (Å²) in [4.78, 5) is 29.3. The lowest BCUT2D eigenvalue weighted by Gasteiger charge is -2.35. The van der Waals surface area contributed by atoms with Gasteiger partial charge in [0.15, 0.2) is 6.10 Å². The van der Waals surface area contributed by atoms with Crippen molar-refractivity contribution in [3.63, 3.8) is 0 Å². The molecular formula is C22H24ClN3O4. The van der Waals surface area contributed by atoms with Crippen LogP contribution in [-0.2, 0) is 9.53 Å². The van der Waals surface area contributed by atoms with Crippen molar-refractivity contribution in [3.8, 4) is 5.75 Å². The molecule has 0 spiro atoms. The Bertz CT molecular complexity index is 946. The van der Waals surface area contributed by atoms with Gasteiger partial charge in [-0.05, 0) is 31.2 Å². The largest absolute Gasteiger partial charge is 0.479 e. The standard InChI is InChI=1S/C22H24ClN3O4/c1-15-22(28)26(9-8-25-10-12-29-13-11-25)19-7-6-16(14-20(19)30-15)24-21(27)17-4-2-3-5-18(17)23/h2-7,14-15H,8-13H2,1H3,(H,24,27). The maximum atomic E-state index is 12.7. The quantitative estimate of drug-likeness (QED) is 0.791. The van der Waals surface area contributed by atoms with Gasteiger partial charge < -0.3 is 19.7 Å². The molecule has 2 aliphatic rings. The number of hydrogen-bond acceptors (Lipinski definition) is 5. The third-order valence-electron chi connectivity index (χ3n) is 5.29. The summed E-state index contributed by atoms with van der Waals surface area (Å²) in [5.74, 6) is 0.203. The topological polar surface area (TPSA) is 71.1 Å². The van der Waals surface area contributed by atoms with E-state index in [1.54, 1.807) is 54.3 Å². The van der Waals surface area contributed by atoms with E-state index in [1.165, 1.54) is 0 Å². The van der Waals surface area contributed by atoms with Crippen molar-refractivity contribution < 1.29 is 19.1 Å². The number of nitrogens with zero attached hydrogens (tertiary/aromatic N) is 2. The molecule has 2 aromatic rings. The van der Waals surface area contributed by atoms with Crippen molar-refractivity contribution in [1.29, 1.82) is 0 Å². The summed E-state index contributed by atoms with van der Waals surface area (Å²) in [5, 5.41) is 3.23. The zero-order valence-electron chi connectivity index (χ0n) is 16.8. The summed E-state index contributed by atoms with van der Waals surface area (Å²) < 4.78 is 11.2. The minimum absolute atomic E-state index is 0.0661. The molecule has 0 aliphatic carbocycles. The first-order chi connectivity index (χ1) is 14.5. The van der Waals surface area contributed by atoms with Crippen LogP contribution in [0, 0.1) is 0 Å². The molecule has 2 amide bonds. The fraction of sp³-hybridized carbons (Fsp3) is 0.364. The monoisotopic (exact) mass is 429 g/mol. The normalized spacial score (nSPS) is 19.2. The minimum Gasteiger partial charge on any atom is -0.479 e. The second kappa shape index (κ2) is 9.04. The third kappa shape index (κ3) is 4.43. The molecule has 0 saturated carbocycles. The van der Waals surface area contributed by atoms with Crippen molar-refractivity contribution in [2.75, 3.05) is 49.6 Å². The first-order valence-electron chi connectivity index (χ1n) is 10.0. The Morgan fingerprint density at radius 3 is 2.70 bits per heavy atom. The first kappa shape index (κ1) is 20.7. The number of amides is 2. The Labute approximate surface area is 180 Å². The molecular weight excluding hydrogens is 406 g/mol. The molecule has 1 fully saturated rings. The number of carbonyl (C=O) groups excluding carboxylic acids is 2. The molecule has 4 rings (SSSR count). The SMILES string of the molecule is CC1Oc2cc(NC(=O)c3ccccc3Cl)ccc2N(CCN2CCOCC2)C1=O. The number of anilines is 2. The maximum absolute atomic E-state index is 12.7. The molecule has 8 heteroatoms. The number of nitrogens with one attached hydrogen (secondary N) is 1. The van der Waals surface area contributed by atoms with Gasteiger partial charge in [0.1, 0.15) is 5.75 Å². The fourth-order valence-electron chi connectivity index (χ4n) is 3.63. The molecule has 7 nitrogen and oxygen atoms in total. The molecule has 2 aromatic carbocycles. The molecule has 0 bridgehead atoms.